The van der Waals surface area contributed by atoms with Crippen LogP contribution < -0.4 is 20.3 Å². The van der Waals surface area contributed by atoms with E-state index >= 15 is 4.39 Å². The fourth-order valence-electron chi connectivity index (χ4n) is 11.2. The molecule has 0 bridgehead atoms. The average Bonchev–Trinajstić information content (AvgIpc) is 1.76. The maximum absolute atomic E-state index is 17.1. The molecular weight excluding hydrogens is 1140 g/mol. The van der Waals surface area contributed by atoms with E-state index in [2.05, 4.69) is 25.5 Å². The number of aryl methyl sites for hydroxylation is 1. The SMILES string of the molecule is Cc1ncsc1-c1ccc([C@H](C)NC(=O)[C@@H]2C[C@@H](O)CN2C(=O)[C@@H](NC(=O)COCCOCCOC2CCN(C[C@@H](C)Oc3nc(N4CCN(C(=O)C(O)O)CC4)c4cc(Cl)c(-c5cc(O)cc6ccccc56)c(F)c4n3)CC2)C(C)(C)C)cc1. The first kappa shape index (κ1) is 62.8. The van der Waals surface area contributed by atoms with Gasteiger partial charge >= 0.3 is 6.01 Å². The summed E-state index contributed by atoms with van der Waals surface area (Å²) in [5.74, 6) is -2.64. The van der Waals surface area contributed by atoms with Gasteiger partial charge in [-0.2, -0.15) is 9.97 Å². The van der Waals surface area contributed by atoms with Crippen molar-refractivity contribution >= 4 is 74.1 Å². The second-order valence-electron chi connectivity index (χ2n) is 23.0. The number of aliphatic hydroxyl groups is 3. The third-order valence-electron chi connectivity index (χ3n) is 15.7. The number of likely N-dealkylation sites (tertiary alicyclic amines) is 2. The van der Waals surface area contributed by atoms with E-state index in [-0.39, 0.29) is 99.0 Å². The fraction of sp³-hybridized carbons (Fsp3) is 0.492. The number of aromatic hydroxyl groups is 1. The van der Waals surface area contributed by atoms with Crippen LogP contribution in [0.15, 0.2) is 72.2 Å². The summed E-state index contributed by atoms with van der Waals surface area (Å²) in [6.07, 6.45) is -1.88. The molecule has 24 heteroatoms. The topological polar surface area (TPSA) is 262 Å². The van der Waals surface area contributed by atoms with E-state index in [1.54, 1.807) is 29.0 Å². The number of hydrogen-bond donors (Lipinski definition) is 6. The number of benzene rings is 4. The van der Waals surface area contributed by atoms with Crippen molar-refractivity contribution in [3.8, 4) is 33.3 Å². The van der Waals surface area contributed by atoms with Gasteiger partial charge in [-0.25, -0.2) is 9.37 Å². The molecule has 85 heavy (non-hydrogen) atoms. The molecule has 3 saturated heterocycles. The van der Waals surface area contributed by atoms with Gasteiger partial charge in [-0.1, -0.05) is 80.9 Å². The predicted molar refractivity (Wildman–Crippen MR) is 320 cm³/mol. The van der Waals surface area contributed by atoms with Crippen LogP contribution in [0.5, 0.6) is 11.8 Å². The number of thiazole rings is 1. The van der Waals surface area contributed by atoms with Crippen molar-refractivity contribution < 1.29 is 62.9 Å². The van der Waals surface area contributed by atoms with Crippen LogP contribution in [0, 0.1) is 18.2 Å². The zero-order valence-electron chi connectivity index (χ0n) is 48.6. The third-order valence-corrected chi connectivity index (χ3v) is 16.9. The lowest BCUT2D eigenvalue weighted by atomic mass is 9.85. The first-order valence-corrected chi connectivity index (χ1v) is 30.0. The first-order chi connectivity index (χ1) is 40.6. The Labute approximate surface area is 502 Å². The highest BCUT2D eigenvalue weighted by molar-refractivity contribution is 7.13. The molecule has 21 nitrogen and oxygen atoms in total. The maximum atomic E-state index is 17.1. The summed E-state index contributed by atoms with van der Waals surface area (Å²) in [6.45, 7) is 14.5. The predicted octanol–water partition coefficient (Wildman–Crippen LogP) is 5.99. The van der Waals surface area contributed by atoms with Gasteiger partial charge in [-0.3, -0.25) is 24.1 Å². The Morgan fingerprint density at radius 2 is 1.58 bits per heavy atom. The van der Waals surface area contributed by atoms with Crippen molar-refractivity contribution in [3.63, 3.8) is 0 Å². The summed E-state index contributed by atoms with van der Waals surface area (Å²) in [7, 11) is 0. The highest BCUT2D eigenvalue weighted by atomic mass is 35.5. The van der Waals surface area contributed by atoms with Gasteiger partial charge in [-0.05, 0) is 84.7 Å². The number of phenolic OH excluding ortho intramolecular Hbond substituents is 1. The zero-order valence-corrected chi connectivity index (χ0v) is 50.2. The Bertz CT molecular complexity index is 3340. The second-order valence-corrected chi connectivity index (χ2v) is 24.3. The van der Waals surface area contributed by atoms with Gasteiger partial charge in [0.1, 0.15) is 41.9 Å². The standard InChI is InChI=1S/C61H75ClFN9O12S/c1-35(84-60-67-52-46(55(68-60)70-19-21-71(22-20-70)58(78)59(79)80)30-47(62)50(51(52)63)45-28-41(73)27-40-9-7-8-10-44(40)45)31-69-17-15-43(16-18-69)83-26-25-81-23-24-82-33-49(75)66-54(61(4,5)6)57(77)72-32-42(74)29-48(72)56(76)65-36(2)38-11-13-39(14-12-38)53-37(3)64-34-85-53/h7-14,27-28,30,34-36,42-43,48,54,59,73-74,79-80H,15-26,29,31-33H2,1-6H3,(H,65,76)(H,66,75)/t35-,36+,42-,48+,54-/m1/s1. The van der Waals surface area contributed by atoms with Crippen molar-refractivity contribution in [1.82, 2.24) is 40.3 Å². The minimum atomic E-state index is -2.14. The van der Waals surface area contributed by atoms with Crippen molar-refractivity contribution in [2.45, 2.75) is 104 Å². The largest absolute Gasteiger partial charge is 0.508 e. The minimum Gasteiger partial charge on any atom is -0.508 e. The third kappa shape index (κ3) is 15.3. The monoisotopic (exact) mass is 1210 g/mol. The molecule has 3 aliphatic heterocycles. The zero-order chi connectivity index (χ0) is 60.7. The van der Waals surface area contributed by atoms with E-state index in [0.717, 1.165) is 47.6 Å². The number of carbonyl (C=O) groups excluding carboxylic acids is 4. The normalized spacial score (nSPS) is 18.3. The van der Waals surface area contributed by atoms with Gasteiger partial charge in [0, 0.05) is 69.7 Å². The average molecular weight is 1210 g/mol. The Morgan fingerprint density at radius 1 is 0.871 bits per heavy atom. The number of nitrogens with one attached hydrogen (secondary N) is 2. The number of halogens is 2. The molecular formula is C61H75ClFN9O12S. The van der Waals surface area contributed by atoms with Crippen molar-refractivity contribution in [1.29, 1.82) is 0 Å². The number of anilines is 1. The highest BCUT2D eigenvalue weighted by Gasteiger charge is 2.45. The summed E-state index contributed by atoms with van der Waals surface area (Å²) in [4.78, 5) is 75.0. The molecule has 9 rings (SSSR count). The molecule has 6 N–H and O–H groups in total. The van der Waals surface area contributed by atoms with Crippen LogP contribution >= 0.6 is 22.9 Å². The van der Waals surface area contributed by atoms with Crippen molar-refractivity contribution in [2.75, 3.05) is 90.3 Å². The summed E-state index contributed by atoms with van der Waals surface area (Å²) in [6, 6.07) is 17.4. The van der Waals surface area contributed by atoms with E-state index in [9.17, 15) is 39.6 Å². The van der Waals surface area contributed by atoms with Gasteiger partial charge in [0.25, 0.3) is 5.91 Å². The first-order valence-electron chi connectivity index (χ1n) is 28.7. The molecule has 456 valence electrons. The number of phenols is 1. The van der Waals surface area contributed by atoms with E-state index in [4.69, 9.17) is 35.5 Å². The summed E-state index contributed by atoms with van der Waals surface area (Å²) in [5, 5.41) is 48.0. The van der Waals surface area contributed by atoms with E-state index in [1.165, 1.54) is 15.9 Å². The number of aliphatic hydroxyl groups excluding tert-OH is 2. The number of piperidine rings is 1. The number of piperazine rings is 1. The summed E-state index contributed by atoms with van der Waals surface area (Å²) < 4.78 is 41.0. The van der Waals surface area contributed by atoms with Crippen LogP contribution in [0.3, 0.4) is 0 Å². The molecule has 0 unspecified atom stereocenters. The van der Waals surface area contributed by atoms with Crippen LogP contribution in [0.1, 0.15) is 71.2 Å². The highest BCUT2D eigenvalue weighted by Crippen LogP contribution is 2.43. The Kier molecular flexibility index (Phi) is 20.5. The molecule has 4 amide bonds. The lowest BCUT2D eigenvalue weighted by molar-refractivity contribution is -0.159. The number of nitrogens with zero attached hydrogens (tertiary/aromatic N) is 7. The van der Waals surface area contributed by atoms with E-state index in [0.29, 0.717) is 47.3 Å². The summed E-state index contributed by atoms with van der Waals surface area (Å²) >= 11 is 8.47. The quantitative estimate of drug-likeness (QED) is 0.0337. The van der Waals surface area contributed by atoms with Crippen LogP contribution in [0.4, 0.5) is 10.2 Å². The number of aromatic nitrogens is 3. The van der Waals surface area contributed by atoms with Crippen LogP contribution in [-0.2, 0) is 33.4 Å². The number of β-amino-alcohol motifs (C(OH)–C–C–N with tert-alkyl or cyclic N) is 1. The number of hydrogen-bond acceptors (Lipinski definition) is 18. The molecule has 0 spiro atoms. The van der Waals surface area contributed by atoms with Crippen LogP contribution in [0.25, 0.3) is 43.2 Å². The minimum absolute atomic E-state index is 0.00423. The lowest BCUT2D eigenvalue weighted by Gasteiger charge is -2.36. The van der Waals surface area contributed by atoms with Crippen molar-refractivity contribution in [2.24, 2.45) is 5.41 Å². The molecule has 0 aliphatic carbocycles. The van der Waals surface area contributed by atoms with Gasteiger partial charge in [0.05, 0.1) is 65.8 Å². The number of ether oxygens (including phenoxy) is 4. The summed E-state index contributed by atoms with van der Waals surface area (Å²) in [5.41, 5.74) is 4.31. The van der Waals surface area contributed by atoms with Gasteiger partial charge in [-0.15, -0.1) is 11.3 Å². The van der Waals surface area contributed by atoms with E-state index in [1.807, 2.05) is 95.0 Å². The molecule has 6 aromatic rings. The molecule has 3 fully saturated rings. The molecule has 0 saturated carbocycles. The Morgan fingerprint density at radius 3 is 2.27 bits per heavy atom. The Balaban J connectivity index is 0.710. The molecule has 2 aromatic heterocycles. The van der Waals surface area contributed by atoms with Gasteiger partial charge in [0.15, 0.2) is 5.82 Å². The van der Waals surface area contributed by atoms with Crippen molar-refractivity contribution in [3.05, 3.63) is 94.3 Å². The molecule has 5 atom stereocenters. The Hall–Kier alpha value is -6.67. The molecule has 0 radical (unpaired) electrons. The smallest absolute Gasteiger partial charge is 0.319 e. The lowest BCUT2D eigenvalue weighted by Crippen LogP contribution is -2.58. The molecule has 4 aromatic carbocycles. The number of rotatable bonds is 22. The molecule has 5 heterocycles. The second kappa shape index (κ2) is 27.8. The van der Waals surface area contributed by atoms with Gasteiger partial charge < -0.3 is 64.7 Å². The number of carbonyl (C=O) groups is 4. The number of fused-ring (bicyclic) bond motifs is 2. The molecule has 3 aliphatic rings. The van der Waals surface area contributed by atoms with Crippen LogP contribution in [0.2, 0.25) is 5.02 Å². The van der Waals surface area contributed by atoms with E-state index < -0.39 is 65.4 Å². The number of amides is 4. The fourth-order valence-corrected chi connectivity index (χ4v) is 12.3. The van der Waals surface area contributed by atoms with Crippen LogP contribution in [-0.4, -0.2) is 196 Å². The maximum Gasteiger partial charge on any atom is 0.319 e. The van der Waals surface area contributed by atoms with Gasteiger partial charge in [0.2, 0.25) is 24.0 Å².